The van der Waals surface area contributed by atoms with Crippen molar-refractivity contribution in [3.63, 3.8) is 0 Å². The van der Waals surface area contributed by atoms with Crippen LogP contribution in [-0.4, -0.2) is 11.3 Å². The van der Waals surface area contributed by atoms with Crippen molar-refractivity contribution in [2.24, 2.45) is 4.99 Å². The van der Waals surface area contributed by atoms with Crippen molar-refractivity contribution in [2.75, 3.05) is 0 Å². The molecule has 2 rings (SSSR count). The zero-order valence-electron chi connectivity index (χ0n) is 17.2. The van der Waals surface area contributed by atoms with Crippen LogP contribution < -0.4 is 0 Å². The number of phenolic OH excluding ortho intramolecular Hbond substituents is 1. The Balaban J connectivity index is 2.68. The van der Waals surface area contributed by atoms with Crippen LogP contribution in [0.25, 0.3) is 0 Å². The highest BCUT2D eigenvalue weighted by Crippen LogP contribution is 2.39. The van der Waals surface area contributed by atoms with Crippen LogP contribution in [0.1, 0.15) is 82.6 Å². The Morgan fingerprint density at radius 3 is 1.89 bits per heavy atom. The molecule has 1 N–H and O–H groups in total. The predicted octanol–water partition coefficient (Wildman–Crippen LogP) is 7.99. The minimum Gasteiger partial charge on any atom is -0.506 e. The van der Waals surface area contributed by atoms with Gasteiger partial charge in [0.1, 0.15) is 5.75 Å². The van der Waals surface area contributed by atoms with Gasteiger partial charge < -0.3 is 5.11 Å². The monoisotopic (exact) mass is 405 g/mol. The largest absolute Gasteiger partial charge is 0.506 e. The van der Waals surface area contributed by atoms with Crippen LogP contribution in [0.3, 0.4) is 0 Å². The number of rotatable bonds is 4. The summed E-state index contributed by atoms with van der Waals surface area (Å²) < 4.78 is 0. The van der Waals surface area contributed by atoms with Gasteiger partial charge in [-0.25, -0.2) is 0 Å². The average molecular weight is 406 g/mol. The molecule has 0 aliphatic rings. The van der Waals surface area contributed by atoms with E-state index in [4.69, 9.17) is 28.2 Å². The topological polar surface area (TPSA) is 32.6 Å². The van der Waals surface area contributed by atoms with Crippen molar-refractivity contribution in [1.29, 1.82) is 0 Å². The quantitative estimate of drug-likeness (QED) is 0.513. The number of nitrogens with zero attached hydrogens (tertiary/aromatic N) is 1. The van der Waals surface area contributed by atoms with E-state index in [0.717, 1.165) is 5.69 Å². The molecule has 0 radical (unpaired) electrons. The molecular formula is C23H29Cl2NO. The molecule has 146 valence electrons. The highest BCUT2D eigenvalue weighted by Gasteiger charge is 2.21. The Bertz CT molecular complexity index is 832. The van der Waals surface area contributed by atoms with Gasteiger partial charge in [0.25, 0.3) is 0 Å². The maximum Gasteiger partial charge on any atom is 0.143 e. The first kappa shape index (κ1) is 21.8. The van der Waals surface area contributed by atoms with Crippen molar-refractivity contribution in [3.8, 4) is 5.75 Å². The van der Waals surface area contributed by atoms with Crippen LogP contribution in [0.2, 0.25) is 10.0 Å². The molecule has 0 aromatic heterocycles. The molecule has 0 unspecified atom stereocenters. The van der Waals surface area contributed by atoms with Crippen molar-refractivity contribution < 1.29 is 5.11 Å². The summed E-state index contributed by atoms with van der Waals surface area (Å²) in [6.07, 6.45) is 1.65. The maximum absolute atomic E-state index is 10.2. The molecular weight excluding hydrogens is 377 g/mol. The molecule has 0 saturated heterocycles. The Labute approximate surface area is 173 Å². The Morgan fingerprint density at radius 1 is 0.926 bits per heavy atom. The zero-order valence-corrected chi connectivity index (χ0v) is 18.7. The van der Waals surface area contributed by atoms with E-state index < -0.39 is 0 Å². The summed E-state index contributed by atoms with van der Waals surface area (Å²) in [5, 5.41) is 10.9. The third kappa shape index (κ3) is 5.06. The van der Waals surface area contributed by atoms with Crippen LogP contribution in [0.15, 0.2) is 29.3 Å². The van der Waals surface area contributed by atoms with Crippen LogP contribution in [-0.2, 0) is 5.41 Å². The summed E-state index contributed by atoms with van der Waals surface area (Å²) in [6, 6.07) is 7.70. The van der Waals surface area contributed by atoms with E-state index in [-0.39, 0.29) is 16.2 Å². The van der Waals surface area contributed by atoms with E-state index in [1.165, 1.54) is 22.8 Å². The number of phenols is 1. The molecule has 0 aliphatic carbocycles. The van der Waals surface area contributed by atoms with Gasteiger partial charge in [0, 0.05) is 16.8 Å². The van der Waals surface area contributed by atoms with Gasteiger partial charge in [0.2, 0.25) is 0 Å². The second-order valence-corrected chi connectivity index (χ2v) is 9.49. The van der Waals surface area contributed by atoms with Crippen molar-refractivity contribution in [2.45, 2.75) is 65.7 Å². The molecule has 0 amide bonds. The Kier molecular flexibility index (Phi) is 6.65. The van der Waals surface area contributed by atoms with E-state index in [0.29, 0.717) is 22.4 Å². The fraction of sp³-hybridized carbons (Fsp3) is 0.435. The van der Waals surface area contributed by atoms with Gasteiger partial charge in [-0.05, 0) is 46.1 Å². The highest BCUT2D eigenvalue weighted by atomic mass is 35.5. The Hall–Kier alpha value is -1.51. The summed E-state index contributed by atoms with van der Waals surface area (Å²) in [5.74, 6) is 0.648. The SMILES string of the molecule is CC(C)c1cc(C(C)(C)C)cc(C(C)C)c1N=Cc1cc(Cl)cc(Cl)c1O. The molecule has 27 heavy (non-hydrogen) atoms. The fourth-order valence-corrected chi connectivity index (χ4v) is 3.47. The summed E-state index contributed by atoms with van der Waals surface area (Å²) in [4.78, 5) is 4.78. The molecule has 2 nitrogen and oxygen atoms in total. The molecule has 0 atom stereocenters. The highest BCUT2D eigenvalue weighted by molar-refractivity contribution is 6.36. The minimum atomic E-state index is -0.00618. The van der Waals surface area contributed by atoms with Gasteiger partial charge in [-0.3, -0.25) is 4.99 Å². The third-order valence-electron chi connectivity index (χ3n) is 4.67. The van der Waals surface area contributed by atoms with Crippen LogP contribution in [0.5, 0.6) is 5.75 Å². The lowest BCUT2D eigenvalue weighted by molar-refractivity contribution is 0.475. The molecule has 0 fully saturated rings. The molecule has 2 aromatic rings. The standard InChI is InChI=1S/C23H29Cl2NO/c1-13(2)18-9-16(23(5,6)7)10-19(14(3)4)21(18)26-12-15-8-17(24)11-20(25)22(15)27/h8-14,27H,1-7H3. The van der Waals surface area contributed by atoms with Crippen molar-refractivity contribution >= 4 is 35.1 Å². The van der Waals surface area contributed by atoms with Gasteiger partial charge in [-0.2, -0.15) is 0 Å². The summed E-state index contributed by atoms with van der Waals surface area (Å²) >= 11 is 12.1. The number of hydrogen-bond acceptors (Lipinski definition) is 2. The van der Waals surface area contributed by atoms with E-state index in [2.05, 4.69) is 60.6 Å². The van der Waals surface area contributed by atoms with Gasteiger partial charge >= 0.3 is 0 Å². The molecule has 0 spiro atoms. The van der Waals surface area contributed by atoms with E-state index in [1.54, 1.807) is 12.3 Å². The lowest BCUT2D eigenvalue weighted by Crippen LogP contribution is -2.13. The summed E-state index contributed by atoms with van der Waals surface area (Å²) in [7, 11) is 0. The molecule has 2 aromatic carbocycles. The summed E-state index contributed by atoms with van der Waals surface area (Å²) in [5.41, 5.74) is 5.25. The lowest BCUT2D eigenvalue weighted by Gasteiger charge is -2.25. The normalized spacial score (nSPS) is 12.6. The van der Waals surface area contributed by atoms with Gasteiger partial charge in [0.05, 0.1) is 10.7 Å². The summed E-state index contributed by atoms with van der Waals surface area (Å²) in [6.45, 7) is 15.4. The maximum atomic E-state index is 10.2. The van der Waals surface area contributed by atoms with Crippen LogP contribution in [0, 0.1) is 0 Å². The van der Waals surface area contributed by atoms with E-state index in [9.17, 15) is 5.11 Å². The molecule has 4 heteroatoms. The zero-order chi connectivity index (χ0) is 20.5. The first-order valence-electron chi connectivity index (χ1n) is 9.32. The van der Waals surface area contributed by atoms with Crippen molar-refractivity contribution in [1.82, 2.24) is 0 Å². The molecule has 0 aliphatic heterocycles. The van der Waals surface area contributed by atoms with Crippen LogP contribution in [0.4, 0.5) is 5.69 Å². The smallest absolute Gasteiger partial charge is 0.143 e. The molecule has 0 bridgehead atoms. The fourth-order valence-electron chi connectivity index (χ4n) is 2.96. The molecule has 0 heterocycles. The number of aliphatic imine (C=N–C) groups is 1. The lowest BCUT2D eigenvalue weighted by atomic mass is 9.81. The van der Waals surface area contributed by atoms with Gasteiger partial charge in [-0.1, -0.05) is 83.8 Å². The predicted molar refractivity (Wildman–Crippen MR) is 119 cm³/mol. The van der Waals surface area contributed by atoms with Gasteiger partial charge in [0.15, 0.2) is 0 Å². The van der Waals surface area contributed by atoms with E-state index >= 15 is 0 Å². The van der Waals surface area contributed by atoms with Gasteiger partial charge in [-0.15, -0.1) is 0 Å². The third-order valence-corrected chi connectivity index (χ3v) is 5.18. The second kappa shape index (κ2) is 8.24. The van der Waals surface area contributed by atoms with E-state index in [1.807, 2.05) is 0 Å². The Morgan fingerprint density at radius 2 is 1.44 bits per heavy atom. The number of halogens is 2. The minimum absolute atomic E-state index is 0.00618. The number of aromatic hydroxyl groups is 1. The van der Waals surface area contributed by atoms with Crippen molar-refractivity contribution in [3.05, 3.63) is 56.6 Å². The molecule has 0 saturated carbocycles. The average Bonchev–Trinajstić information content (AvgIpc) is 2.54. The second-order valence-electron chi connectivity index (χ2n) is 8.65. The number of hydrogen-bond donors (Lipinski definition) is 1. The van der Waals surface area contributed by atoms with Crippen LogP contribution >= 0.6 is 23.2 Å². The first-order chi connectivity index (χ1) is 12.4. The first-order valence-corrected chi connectivity index (χ1v) is 10.1. The number of benzene rings is 2.